The van der Waals surface area contributed by atoms with Gasteiger partial charge in [-0.15, -0.1) is 0 Å². The highest BCUT2D eigenvalue weighted by molar-refractivity contribution is 6.09. The molecule has 9 nitrogen and oxygen atoms in total. The number of likely N-dealkylation sites (tertiary alicyclic amines) is 1. The van der Waals surface area contributed by atoms with Crippen LogP contribution in [0.3, 0.4) is 0 Å². The largest absolute Gasteiger partial charge is 0.493 e. The van der Waals surface area contributed by atoms with E-state index in [1.807, 2.05) is 0 Å². The Hall–Kier alpha value is -3.74. The van der Waals surface area contributed by atoms with Gasteiger partial charge in [0.05, 0.1) is 35.8 Å². The molecule has 3 heterocycles. The Labute approximate surface area is 220 Å². The van der Waals surface area contributed by atoms with Gasteiger partial charge >= 0.3 is 6.18 Å². The summed E-state index contributed by atoms with van der Waals surface area (Å²) in [5.74, 6) is -0.731. The fourth-order valence-corrected chi connectivity index (χ4v) is 4.70. The van der Waals surface area contributed by atoms with Gasteiger partial charge in [0.25, 0.3) is 11.8 Å². The number of aliphatic hydroxyl groups excluding tert-OH is 1. The maximum absolute atomic E-state index is 14.6. The van der Waals surface area contributed by atoms with Gasteiger partial charge in [0, 0.05) is 17.8 Å². The second kappa shape index (κ2) is 10.1. The highest BCUT2D eigenvalue weighted by atomic mass is 19.4. The quantitative estimate of drug-likeness (QED) is 0.389. The first-order chi connectivity index (χ1) is 18.4. The highest BCUT2D eigenvalue weighted by Crippen LogP contribution is 2.40. The number of carbonyl (C=O) groups excluding carboxylic acids is 2. The number of H-pyrrole nitrogens is 1. The lowest BCUT2D eigenvalue weighted by Crippen LogP contribution is -2.42. The topological polar surface area (TPSA) is 120 Å². The van der Waals surface area contributed by atoms with Crippen LogP contribution in [0.4, 0.5) is 17.6 Å². The molecule has 1 aliphatic carbocycles. The second-order valence-electron chi connectivity index (χ2n) is 10.0. The summed E-state index contributed by atoms with van der Waals surface area (Å²) >= 11 is 0. The number of aliphatic hydroxyl groups is 1. The van der Waals surface area contributed by atoms with Crippen molar-refractivity contribution in [3.63, 3.8) is 0 Å². The Morgan fingerprint density at radius 2 is 2.00 bits per heavy atom. The van der Waals surface area contributed by atoms with E-state index in [1.54, 1.807) is 6.92 Å². The fourth-order valence-electron chi connectivity index (χ4n) is 4.70. The monoisotopic (exact) mass is 549 g/mol. The Bertz CT molecular complexity index is 1420. The third kappa shape index (κ3) is 5.40. The summed E-state index contributed by atoms with van der Waals surface area (Å²) < 4.78 is 61.2. The SMILES string of the molecule is Cc1[nH]c2c(-c3cc(C(F)(F)F)ccc3OCC3CC3)ncnc2c1C(=O)N[C@H]1CN(C(=O)[C@H](C)O)C[C@@H]1F. The van der Waals surface area contributed by atoms with Crippen LogP contribution in [0.5, 0.6) is 5.75 Å². The van der Waals surface area contributed by atoms with Gasteiger partial charge in [0.1, 0.15) is 35.6 Å². The summed E-state index contributed by atoms with van der Waals surface area (Å²) in [6.07, 6.45) is -4.32. The number of amides is 2. The number of aromatic amines is 1. The summed E-state index contributed by atoms with van der Waals surface area (Å²) in [5, 5.41) is 12.1. The molecule has 208 valence electrons. The Morgan fingerprint density at radius 1 is 1.26 bits per heavy atom. The first-order valence-electron chi connectivity index (χ1n) is 12.5. The van der Waals surface area contributed by atoms with Crippen LogP contribution in [0.15, 0.2) is 24.5 Å². The van der Waals surface area contributed by atoms with Gasteiger partial charge in [-0.25, -0.2) is 14.4 Å². The molecule has 0 spiro atoms. The van der Waals surface area contributed by atoms with Crippen molar-refractivity contribution in [2.45, 2.75) is 51.2 Å². The van der Waals surface area contributed by atoms with E-state index in [9.17, 15) is 32.3 Å². The molecule has 3 aromatic rings. The number of aryl methyl sites for hydroxylation is 1. The van der Waals surface area contributed by atoms with Crippen LogP contribution in [0.25, 0.3) is 22.3 Å². The molecule has 1 aromatic carbocycles. The third-order valence-corrected chi connectivity index (χ3v) is 6.97. The van der Waals surface area contributed by atoms with Gasteiger partial charge in [-0.1, -0.05) is 0 Å². The van der Waals surface area contributed by atoms with Gasteiger partial charge in [0.15, 0.2) is 0 Å². The van der Waals surface area contributed by atoms with Gasteiger partial charge in [-0.2, -0.15) is 13.2 Å². The molecule has 2 amide bonds. The van der Waals surface area contributed by atoms with Crippen molar-refractivity contribution in [2.24, 2.45) is 5.92 Å². The van der Waals surface area contributed by atoms with E-state index in [-0.39, 0.29) is 46.7 Å². The van der Waals surface area contributed by atoms with Crippen molar-refractivity contribution >= 4 is 22.8 Å². The number of benzene rings is 1. The van der Waals surface area contributed by atoms with Crippen LogP contribution in [0.2, 0.25) is 0 Å². The molecule has 39 heavy (non-hydrogen) atoms. The molecule has 1 aliphatic heterocycles. The predicted molar refractivity (Wildman–Crippen MR) is 132 cm³/mol. The molecule has 2 aromatic heterocycles. The van der Waals surface area contributed by atoms with Gasteiger partial charge < -0.3 is 25.0 Å². The number of nitrogens with one attached hydrogen (secondary N) is 2. The first kappa shape index (κ1) is 26.9. The summed E-state index contributed by atoms with van der Waals surface area (Å²) in [6.45, 7) is 2.84. The molecule has 5 rings (SSSR count). The van der Waals surface area contributed by atoms with Gasteiger partial charge in [0.2, 0.25) is 0 Å². The lowest BCUT2D eigenvalue weighted by atomic mass is 10.0. The molecule has 3 N–H and O–H groups in total. The smallest absolute Gasteiger partial charge is 0.416 e. The fraction of sp³-hybridized carbons (Fsp3) is 0.462. The first-order valence-corrected chi connectivity index (χ1v) is 12.5. The minimum atomic E-state index is -4.60. The molecule has 0 radical (unpaired) electrons. The summed E-state index contributed by atoms with van der Waals surface area (Å²) in [5.41, 5.74) is 0.136. The number of nitrogens with zero attached hydrogens (tertiary/aromatic N) is 3. The Morgan fingerprint density at radius 3 is 2.67 bits per heavy atom. The normalized spacial score (nSPS) is 20.3. The van der Waals surface area contributed by atoms with Crippen LogP contribution < -0.4 is 10.1 Å². The van der Waals surface area contributed by atoms with E-state index in [1.165, 1.54) is 13.0 Å². The number of ether oxygens (including phenoxy) is 1. The number of hydrogen-bond donors (Lipinski definition) is 3. The summed E-state index contributed by atoms with van der Waals surface area (Å²) in [6, 6.07) is 2.15. The van der Waals surface area contributed by atoms with Crippen molar-refractivity contribution in [1.82, 2.24) is 25.2 Å². The number of fused-ring (bicyclic) bond motifs is 1. The molecule has 0 unspecified atom stereocenters. The standard InChI is InChI=1S/C26H27F4N5O4/c1-12-20(24(37)34-18-9-35(8-17(18)27)25(38)13(2)36)22-23(33-12)21(31-11-32-22)16-7-15(26(28,29)30)5-6-19(16)39-10-14-3-4-14/h5-7,11,13-14,17-18,33,36H,3-4,8-10H2,1-2H3,(H,34,37)/t13-,17-,18-/m0/s1. The van der Waals surface area contributed by atoms with Gasteiger partial charge in [-0.05, 0) is 50.8 Å². The molecule has 3 atom stereocenters. The minimum absolute atomic E-state index is 0.0774. The van der Waals surface area contributed by atoms with Crippen molar-refractivity contribution in [3.8, 4) is 17.0 Å². The Balaban J connectivity index is 1.49. The molecular weight excluding hydrogens is 522 g/mol. The molecule has 1 saturated heterocycles. The number of alkyl halides is 4. The van der Waals surface area contributed by atoms with Crippen LogP contribution in [-0.2, 0) is 11.0 Å². The van der Waals surface area contributed by atoms with E-state index in [2.05, 4.69) is 20.3 Å². The average molecular weight is 550 g/mol. The summed E-state index contributed by atoms with van der Waals surface area (Å²) in [7, 11) is 0. The van der Waals surface area contributed by atoms with Gasteiger partial charge in [-0.3, -0.25) is 9.59 Å². The van der Waals surface area contributed by atoms with Crippen molar-refractivity contribution < 1.29 is 37.0 Å². The maximum Gasteiger partial charge on any atom is 0.416 e. The van der Waals surface area contributed by atoms with Crippen LogP contribution in [0, 0.1) is 12.8 Å². The number of hydrogen-bond acceptors (Lipinski definition) is 6. The summed E-state index contributed by atoms with van der Waals surface area (Å²) in [4.78, 5) is 37.9. The number of rotatable bonds is 7. The average Bonchev–Trinajstić information content (AvgIpc) is 3.55. The maximum atomic E-state index is 14.6. The molecule has 2 aliphatic rings. The van der Waals surface area contributed by atoms with Crippen molar-refractivity contribution in [1.29, 1.82) is 0 Å². The second-order valence-corrected chi connectivity index (χ2v) is 10.0. The zero-order valence-corrected chi connectivity index (χ0v) is 21.2. The molecule has 13 heteroatoms. The zero-order valence-electron chi connectivity index (χ0n) is 21.2. The lowest BCUT2D eigenvalue weighted by molar-refractivity contribution is -0.138. The van der Waals surface area contributed by atoms with E-state index < -0.39 is 41.9 Å². The predicted octanol–water partition coefficient (Wildman–Crippen LogP) is 3.40. The van der Waals surface area contributed by atoms with E-state index >= 15 is 0 Å². The zero-order chi connectivity index (χ0) is 28.1. The molecular formula is C26H27F4N5O4. The van der Waals surface area contributed by atoms with Crippen molar-refractivity contribution in [2.75, 3.05) is 19.7 Å². The molecule has 0 bridgehead atoms. The number of halogens is 4. The molecule has 1 saturated carbocycles. The number of carbonyl (C=O) groups is 2. The van der Waals surface area contributed by atoms with E-state index in [4.69, 9.17) is 4.74 Å². The minimum Gasteiger partial charge on any atom is -0.493 e. The molecule has 2 fully saturated rings. The van der Waals surface area contributed by atoms with Crippen LogP contribution >= 0.6 is 0 Å². The lowest BCUT2D eigenvalue weighted by Gasteiger charge is -2.18. The third-order valence-electron chi connectivity index (χ3n) is 6.97. The van der Waals surface area contributed by atoms with Crippen LogP contribution in [0.1, 0.15) is 41.4 Å². The number of aromatic nitrogens is 3. The highest BCUT2D eigenvalue weighted by Gasteiger charge is 2.38. The van der Waals surface area contributed by atoms with E-state index in [0.717, 1.165) is 36.2 Å². The van der Waals surface area contributed by atoms with Crippen molar-refractivity contribution in [3.05, 3.63) is 41.3 Å². The van der Waals surface area contributed by atoms with E-state index in [0.29, 0.717) is 18.2 Å². The Kier molecular flexibility index (Phi) is 6.95. The van der Waals surface area contributed by atoms with Crippen LogP contribution in [-0.4, -0.2) is 74.8 Å².